The summed E-state index contributed by atoms with van der Waals surface area (Å²) in [5.41, 5.74) is 0.365. The maximum atomic E-state index is 5.79. The average Bonchev–Trinajstić information content (AvgIpc) is 2.67. The fourth-order valence-corrected chi connectivity index (χ4v) is 3.45. The van der Waals surface area contributed by atoms with Gasteiger partial charge < -0.3 is 10.1 Å². The van der Waals surface area contributed by atoms with Gasteiger partial charge >= 0.3 is 0 Å². The highest BCUT2D eigenvalue weighted by molar-refractivity contribution is 5.13. The van der Waals surface area contributed by atoms with Crippen LogP contribution in [0.2, 0.25) is 0 Å². The fraction of sp³-hybridized carbons (Fsp3) is 1.00. The molecule has 3 fully saturated rings. The highest BCUT2D eigenvalue weighted by Gasteiger charge is 2.60. The van der Waals surface area contributed by atoms with E-state index >= 15 is 0 Å². The predicted molar refractivity (Wildman–Crippen MR) is 56.1 cm³/mol. The molecule has 0 spiro atoms. The van der Waals surface area contributed by atoms with Gasteiger partial charge in [-0.1, -0.05) is 20.8 Å². The first-order valence-electron chi connectivity index (χ1n) is 5.98. The number of hydrogen-bond acceptors (Lipinski definition) is 2. The zero-order valence-corrected chi connectivity index (χ0v) is 9.42. The van der Waals surface area contributed by atoms with Crippen LogP contribution in [0.4, 0.5) is 0 Å². The molecule has 0 aromatic rings. The Kier molecular flexibility index (Phi) is 1.79. The maximum Gasteiger partial charge on any atom is 0.0685 e. The summed E-state index contributed by atoms with van der Waals surface area (Å²) in [6, 6.07) is 1.52. The Morgan fingerprint density at radius 2 is 2.07 bits per heavy atom. The van der Waals surface area contributed by atoms with Gasteiger partial charge in [0, 0.05) is 30.0 Å². The monoisotopic (exact) mass is 195 g/mol. The summed E-state index contributed by atoms with van der Waals surface area (Å²) in [6.45, 7) is 8.03. The van der Waals surface area contributed by atoms with Crippen LogP contribution in [0.3, 0.4) is 0 Å². The Labute approximate surface area is 86.4 Å². The number of ether oxygens (including phenoxy) is 1. The summed E-state index contributed by atoms with van der Waals surface area (Å²) in [5, 5.41) is 3.82. The molecular formula is C12H21NO. The molecule has 14 heavy (non-hydrogen) atoms. The van der Waals surface area contributed by atoms with E-state index in [1.807, 2.05) is 0 Å². The van der Waals surface area contributed by atoms with Crippen LogP contribution in [0.5, 0.6) is 0 Å². The quantitative estimate of drug-likeness (QED) is 0.725. The number of nitrogens with one attached hydrogen (secondary N) is 1. The van der Waals surface area contributed by atoms with Gasteiger partial charge in [-0.25, -0.2) is 0 Å². The van der Waals surface area contributed by atoms with Crippen LogP contribution in [-0.2, 0) is 4.74 Å². The molecule has 3 rings (SSSR count). The Balaban J connectivity index is 1.67. The van der Waals surface area contributed by atoms with E-state index in [-0.39, 0.29) is 0 Å². The molecule has 2 aliphatic carbocycles. The van der Waals surface area contributed by atoms with E-state index in [0.29, 0.717) is 17.6 Å². The minimum Gasteiger partial charge on any atom is -0.377 e. The van der Waals surface area contributed by atoms with Gasteiger partial charge in [0.25, 0.3) is 0 Å². The van der Waals surface area contributed by atoms with Crippen LogP contribution in [0.1, 0.15) is 33.6 Å². The molecule has 2 nitrogen and oxygen atoms in total. The molecule has 5 atom stereocenters. The topological polar surface area (TPSA) is 21.3 Å². The van der Waals surface area contributed by atoms with Crippen LogP contribution in [0, 0.1) is 17.3 Å². The van der Waals surface area contributed by atoms with Crippen LogP contribution < -0.4 is 5.32 Å². The second kappa shape index (κ2) is 2.73. The molecule has 2 heteroatoms. The average molecular weight is 195 g/mol. The molecule has 0 aromatic heterocycles. The molecule has 0 amide bonds. The molecule has 0 radical (unpaired) electrons. The lowest BCUT2D eigenvalue weighted by Crippen LogP contribution is -2.66. The molecule has 80 valence electrons. The molecule has 1 N–H and O–H groups in total. The van der Waals surface area contributed by atoms with Gasteiger partial charge in [0.1, 0.15) is 0 Å². The number of rotatable bonds is 2. The van der Waals surface area contributed by atoms with E-state index in [0.717, 1.165) is 24.5 Å². The Bertz CT molecular complexity index is 251. The van der Waals surface area contributed by atoms with E-state index in [9.17, 15) is 0 Å². The third-order valence-electron chi connectivity index (χ3n) is 4.60. The van der Waals surface area contributed by atoms with Gasteiger partial charge in [0.05, 0.1) is 6.10 Å². The van der Waals surface area contributed by atoms with E-state index < -0.39 is 0 Å². The molecule has 0 aromatic carbocycles. The van der Waals surface area contributed by atoms with Crippen molar-refractivity contribution in [2.75, 3.05) is 6.61 Å². The second-order valence-electron chi connectivity index (χ2n) is 6.03. The molecule has 2 saturated carbocycles. The Morgan fingerprint density at radius 1 is 1.36 bits per heavy atom. The van der Waals surface area contributed by atoms with Crippen LogP contribution in [0.25, 0.3) is 0 Å². The first-order chi connectivity index (χ1) is 6.60. The van der Waals surface area contributed by atoms with Crippen molar-refractivity contribution in [2.45, 2.75) is 51.8 Å². The largest absolute Gasteiger partial charge is 0.377 e. The highest BCUT2D eigenvalue weighted by Crippen LogP contribution is 2.53. The van der Waals surface area contributed by atoms with Crippen molar-refractivity contribution in [1.82, 2.24) is 5.32 Å². The first-order valence-corrected chi connectivity index (χ1v) is 5.98. The van der Waals surface area contributed by atoms with Gasteiger partial charge in [0.2, 0.25) is 0 Å². The summed E-state index contributed by atoms with van der Waals surface area (Å²) < 4.78 is 5.79. The van der Waals surface area contributed by atoms with Crippen molar-refractivity contribution in [3.63, 3.8) is 0 Å². The Hall–Kier alpha value is -0.0800. The van der Waals surface area contributed by atoms with Crippen molar-refractivity contribution < 1.29 is 4.74 Å². The van der Waals surface area contributed by atoms with Crippen LogP contribution >= 0.6 is 0 Å². The zero-order valence-electron chi connectivity index (χ0n) is 9.42. The van der Waals surface area contributed by atoms with Gasteiger partial charge in [-0.15, -0.1) is 0 Å². The summed E-state index contributed by atoms with van der Waals surface area (Å²) in [6.07, 6.45) is 3.19. The van der Waals surface area contributed by atoms with E-state index in [4.69, 9.17) is 4.74 Å². The number of hydrogen-bond donors (Lipinski definition) is 1. The molecule has 1 heterocycles. The van der Waals surface area contributed by atoms with Crippen molar-refractivity contribution in [3.8, 4) is 0 Å². The third-order valence-corrected chi connectivity index (χ3v) is 4.60. The Morgan fingerprint density at radius 3 is 2.71 bits per heavy atom. The predicted octanol–water partition coefficient (Wildman–Crippen LogP) is 1.80. The van der Waals surface area contributed by atoms with Gasteiger partial charge in [-0.3, -0.25) is 0 Å². The van der Waals surface area contributed by atoms with Gasteiger partial charge in [0.15, 0.2) is 0 Å². The SMILES string of the molecule is C[C@@H]1C[C@H]1NC1[C@@H]2CCO[C@@H]2C1(C)C. The molecule has 1 aliphatic heterocycles. The molecule has 1 saturated heterocycles. The lowest BCUT2D eigenvalue weighted by atomic mass is 9.57. The smallest absolute Gasteiger partial charge is 0.0685 e. The standard InChI is InChI=1S/C12H21NO/c1-7-6-9(7)13-10-8-4-5-14-11(8)12(10,2)3/h7-11,13H,4-6H2,1-3H3/t7-,8+,9-,10?,11+/m1/s1. The van der Waals surface area contributed by atoms with Crippen molar-refractivity contribution >= 4 is 0 Å². The van der Waals surface area contributed by atoms with Crippen molar-refractivity contribution in [2.24, 2.45) is 17.3 Å². The summed E-state index contributed by atoms with van der Waals surface area (Å²) in [4.78, 5) is 0. The molecule has 1 unspecified atom stereocenters. The zero-order chi connectivity index (χ0) is 9.92. The lowest BCUT2D eigenvalue weighted by molar-refractivity contribution is -0.113. The van der Waals surface area contributed by atoms with Crippen molar-refractivity contribution in [1.29, 1.82) is 0 Å². The minimum absolute atomic E-state index is 0.365. The maximum absolute atomic E-state index is 5.79. The number of fused-ring (bicyclic) bond motifs is 1. The summed E-state index contributed by atoms with van der Waals surface area (Å²) >= 11 is 0. The van der Waals surface area contributed by atoms with Gasteiger partial charge in [-0.05, 0) is 18.8 Å². The van der Waals surface area contributed by atoms with Crippen molar-refractivity contribution in [3.05, 3.63) is 0 Å². The van der Waals surface area contributed by atoms with Gasteiger partial charge in [-0.2, -0.15) is 0 Å². The fourth-order valence-electron chi connectivity index (χ4n) is 3.45. The molecule has 3 aliphatic rings. The third kappa shape index (κ3) is 1.10. The highest BCUT2D eigenvalue weighted by atomic mass is 16.5. The lowest BCUT2D eigenvalue weighted by Gasteiger charge is -2.55. The van der Waals surface area contributed by atoms with Crippen LogP contribution in [-0.4, -0.2) is 24.8 Å². The van der Waals surface area contributed by atoms with E-state index in [2.05, 4.69) is 26.1 Å². The minimum atomic E-state index is 0.365. The summed E-state index contributed by atoms with van der Waals surface area (Å²) in [7, 11) is 0. The second-order valence-corrected chi connectivity index (χ2v) is 6.03. The normalized spacial score (nSPS) is 53.8. The van der Waals surface area contributed by atoms with Crippen LogP contribution in [0.15, 0.2) is 0 Å². The summed E-state index contributed by atoms with van der Waals surface area (Å²) in [5.74, 6) is 1.71. The van der Waals surface area contributed by atoms with E-state index in [1.165, 1.54) is 12.8 Å². The first kappa shape index (κ1) is 9.17. The molecule has 0 bridgehead atoms. The molecular weight excluding hydrogens is 174 g/mol. The van der Waals surface area contributed by atoms with E-state index in [1.54, 1.807) is 0 Å².